The molecule has 0 atom stereocenters. The first kappa shape index (κ1) is 33.4. The summed E-state index contributed by atoms with van der Waals surface area (Å²) in [4.78, 5) is 37.9. The monoisotopic (exact) mass is 680 g/mol. The van der Waals surface area contributed by atoms with Gasteiger partial charge in [-0.3, -0.25) is 9.59 Å². The number of aromatic carboxylic acids is 1. The molecule has 0 radical (unpaired) electrons. The minimum atomic E-state index is -1.01. The molecule has 0 aliphatic rings. The number of hydrogen-bond acceptors (Lipinski definition) is 5. The van der Waals surface area contributed by atoms with Crippen LogP contribution in [0.5, 0.6) is 23.0 Å². The highest BCUT2D eigenvalue weighted by Gasteiger charge is 2.23. The Kier molecular flexibility index (Phi) is 9.80. The van der Waals surface area contributed by atoms with Crippen LogP contribution in [0.4, 0.5) is 0 Å². The molecule has 0 unspecified atom stereocenters. The zero-order valence-corrected chi connectivity index (χ0v) is 27.9. The smallest absolute Gasteiger partial charge is 0.335 e. The summed E-state index contributed by atoms with van der Waals surface area (Å²) in [6.07, 6.45) is 0. The van der Waals surface area contributed by atoms with E-state index in [-0.39, 0.29) is 17.1 Å². The second kappa shape index (κ2) is 15.2. The maximum absolute atomic E-state index is 12.8. The molecule has 0 aromatic heterocycles. The van der Waals surface area contributed by atoms with Crippen LogP contribution < -0.4 is 9.47 Å². The Bertz CT molecular complexity index is 2170. The van der Waals surface area contributed by atoms with Crippen molar-refractivity contribution in [3.05, 3.63) is 226 Å². The fraction of sp³-hybridized carbons (Fsp3) is 0.0217. The van der Waals surface area contributed by atoms with Crippen LogP contribution in [0, 0.1) is 0 Å². The second-order valence-corrected chi connectivity index (χ2v) is 12.1. The van der Waals surface area contributed by atoms with E-state index in [1.54, 1.807) is 84.9 Å². The molecule has 0 heterocycles. The number of ether oxygens (including phenoxy) is 2. The highest BCUT2D eigenvalue weighted by atomic mass is 16.5. The van der Waals surface area contributed by atoms with Gasteiger partial charge in [-0.05, 0) is 95.6 Å². The largest absolute Gasteiger partial charge is 0.478 e. The van der Waals surface area contributed by atoms with Crippen molar-refractivity contribution in [2.45, 2.75) is 5.92 Å². The van der Waals surface area contributed by atoms with Gasteiger partial charge >= 0.3 is 5.97 Å². The maximum atomic E-state index is 12.8. The Balaban J connectivity index is 1.10. The summed E-state index contributed by atoms with van der Waals surface area (Å²) in [7, 11) is 0. The van der Waals surface area contributed by atoms with Crippen molar-refractivity contribution in [1.82, 2.24) is 0 Å². The first-order chi connectivity index (χ1) is 25.4. The third kappa shape index (κ3) is 7.57. The first-order valence-corrected chi connectivity index (χ1v) is 16.7. The Morgan fingerprint density at radius 2 is 0.712 bits per heavy atom. The van der Waals surface area contributed by atoms with Gasteiger partial charge in [-0.2, -0.15) is 0 Å². The molecular weight excluding hydrogens is 649 g/mol. The van der Waals surface area contributed by atoms with Crippen LogP contribution >= 0.6 is 0 Å². The van der Waals surface area contributed by atoms with Gasteiger partial charge in [-0.15, -0.1) is 0 Å². The van der Waals surface area contributed by atoms with E-state index in [1.165, 1.54) is 0 Å². The van der Waals surface area contributed by atoms with Crippen LogP contribution in [-0.2, 0) is 0 Å². The molecule has 0 aliphatic carbocycles. The topological polar surface area (TPSA) is 89.9 Å². The number of hydrogen-bond donors (Lipinski definition) is 1. The van der Waals surface area contributed by atoms with E-state index in [0.29, 0.717) is 50.8 Å². The van der Waals surface area contributed by atoms with Crippen molar-refractivity contribution in [3.8, 4) is 23.0 Å². The Hall–Kier alpha value is -7.05. The Morgan fingerprint density at radius 1 is 0.385 bits per heavy atom. The van der Waals surface area contributed by atoms with Crippen molar-refractivity contribution in [3.63, 3.8) is 0 Å². The molecule has 0 saturated carbocycles. The number of carbonyl (C=O) groups is 3. The van der Waals surface area contributed by atoms with Gasteiger partial charge < -0.3 is 14.6 Å². The van der Waals surface area contributed by atoms with Gasteiger partial charge in [0, 0.05) is 28.2 Å². The zero-order valence-electron chi connectivity index (χ0n) is 27.9. The lowest BCUT2D eigenvalue weighted by Crippen LogP contribution is -2.10. The van der Waals surface area contributed by atoms with E-state index in [9.17, 15) is 19.5 Å². The molecule has 0 saturated heterocycles. The Morgan fingerprint density at radius 3 is 1.10 bits per heavy atom. The molecule has 7 aromatic rings. The van der Waals surface area contributed by atoms with Gasteiger partial charge in [-0.25, -0.2) is 4.79 Å². The summed E-state index contributed by atoms with van der Waals surface area (Å²) in [5, 5.41) is 10.1. The van der Waals surface area contributed by atoms with E-state index in [4.69, 9.17) is 9.47 Å². The van der Waals surface area contributed by atoms with Crippen molar-refractivity contribution >= 4 is 17.5 Å². The van der Waals surface area contributed by atoms with Crippen LogP contribution in [0.25, 0.3) is 0 Å². The van der Waals surface area contributed by atoms with Gasteiger partial charge in [0.25, 0.3) is 0 Å². The SMILES string of the molecule is O=C(c1ccccc1)c1ccc(Oc2ccc(C(c3ccc(Oc4ccc(C(=O)c5ccccc5)cc4)cc3)c3ccccc3C(=O)O)cc2)cc1. The predicted molar refractivity (Wildman–Crippen MR) is 200 cm³/mol. The van der Waals surface area contributed by atoms with E-state index in [2.05, 4.69) is 0 Å². The van der Waals surface area contributed by atoms with Gasteiger partial charge in [0.1, 0.15) is 23.0 Å². The van der Waals surface area contributed by atoms with Crippen molar-refractivity contribution in [2.24, 2.45) is 0 Å². The predicted octanol–water partition coefficient (Wildman–Crippen LogP) is 10.6. The molecular formula is C46H32O6. The van der Waals surface area contributed by atoms with Gasteiger partial charge in [0.15, 0.2) is 11.6 Å². The number of carboxylic acid groups (broad SMARTS) is 1. The minimum absolute atomic E-state index is 0.0605. The summed E-state index contributed by atoms with van der Waals surface area (Å²) in [6, 6.07) is 54.3. The molecule has 0 aliphatic heterocycles. The molecule has 7 aromatic carbocycles. The summed E-state index contributed by atoms with van der Waals surface area (Å²) < 4.78 is 12.2. The molecule has 252 valence electrons. The fourth-order valence-electron chi connectivity index (χ4n) is 6.08. The number of carboxylic acids is 1. The van der Waals surface area contributed by atoms with E-state index < -0.39 is 11.9 Å². The average molecular weight is 681 g/mol. The number of benzene rings is 7. The Labute approximate surface area is 301 Å². The van der Waals surface area contributed by atoms with Crippen LogP contribution in [0.15, 0.2) is 182 Å². The molecule has 1 N–H and O–H groups in total. The lowest BCUT2D eigenvalue weighted by molar-refractivity contribution is 0.0695. The third-order valence-corrected chi connectivity index (χ3v) is 8.71. The molecule has 0 fully saturated rings. The summed E-state index contributed by atoms with van der Waals surface area (Å²) in [6.45, 7) is 0. The van der Waals surface area contributed by atoms with Crippen molar-refractivity contribution in [2.75, 3.05) is 0 Å². The quantitative estimate of drug-likeness (QED) is 0.102. The average Bonchev–Trinajstić information content (AvgIpc) is 3.20. The second-order valence-electron chi connectivity index (χ2n) is 12.1. The minimum Gasteiger partial charge on any atom is -0.478 e. The van der Waals surface area contributed by atoms with Crippen LogP contribution in [-0.4, -0.2) is 22.6 Å². The third-order valence-electron chi connectivity index (χ3n) is 8.71. The number of ketones is 2. The van der Waals surface area contributed by atoms with Gasteiger partial charge in [-0.1, -0.05) is 103 Å². The molecule has 0 spiro atoms. The maximum Gasteiger partial charge on any atom is 0.335 e. The highest BCUT2D eigenvalue weighted by molar-refractivity contribution is 6.09. The van der Waals surface area contributed by atoms with Gasteiger partial charge in [0.2, 0.25) is 0 Å². The summed E-state index contributed by atoms with van der Waals surface area (Å²) in [5.41, 5.74) is 4.98. The molecule has 6 heteroatoms. The van der Waals surface area contributed by atoms with Crippen LogP contribution in [0.2, 0.25) is 0 Å². The number of rotatable bonds is 12. The molecule has 0 amide bonds. The molecule has 7 rings (SSSR count). The standard InChI is InChI=1S/C46H32O6/c47-44(33-9-3-1-4-10-33)35-19-27-39(28-20-35)51-37-23-15-31(16-24-37)43(41-13-7-8-14-42(41)46(49)50)32-17-25-38(26-18-32)52-40-29-21-36(22-30-40)45(48)34-11-5-2-6-12-34/h1-30,43H,(H,49,50). The van der Waals surface area contributed by atoms with E-state index >= 15 is 0 Å². The van der Waals surface area contributed by atoms with Crippen molar-refractivity contribution < 1.29 is 29.0 Å². The zero-order chi connectivity index (χ0) is 35.9. The number of carbonyl (C=O) groups excluding carboxylic acids is 2. The van der Waals surface area contributed by atoms with Gasteiger partial charge in [0.05, 0.1) is 5.56 Å². The van der Waals surface area contributed by atoms with E-state index in [1.807, 2.05) is 97.1 Å². The lowest BCUT2D eigenvalue weighted by atomic mass is 9.83. The fourth-order valence-corrected chi connectivity index (χ4v) is 6.08. The summed E-state index contributed by atoms with van der Waals surface area (Å²) >= 11 is 0. The van der Waals surface area contributed by atoms with Crippen LogP contribution in [0.1, 0.15) is 64.8 Å². The lowest BCUT2D eigenvalue weighted by Gasteiger charge is -2.21. The molecule has 52 heavy (non-hydrogen) atoms. The molecule has 0 bridgehead atoms. The highest BCUT2D eigenvalue weighted by Crippen LogP contribution is 2.37. The molecule has 6 nitrogen and oxygen atoms in total. The first-order valence-electron chi connectivity index (χ1n) is 16.7. The van der Waals surface area contributed by atoms with Crippen molar-refractivity contribution in [1.29, 1.82) is 0 Å². The summed E-state index contributed by atoms with van der Waals surface area (Å²) in [5.74, 6) is 0.819. The van der Waals surface area contributed by atoms with Crippen LogP contribution in [0.3, 0.4) is 0 Å². The normalized spacial score (nSPS) is 10.8. The van der Waals surface area contributed by atoms with E-state index in [0.717, 1.165) is 11.1 Å².